The van der Waals surface area contributed by atoms with Crippen molar-refractivity contribution in [2.24, 2.45) is 5.10 Å². The van der Waals surface area contributed by atoms with Gasteiger partial charge in [0.2, 0.25) is 5.16 Å². The summed E-state index contributed by atoms with van der Waals surface area (Å²) in [6.07, 6.45) is 0. The molecule has 1 aromatic heterocycles. The van der Waals surface area contributed by atoms with Crippen LogP contribution in [0.5, 0.6) is 5.75 Å². The van der Waals surface area contributed by atoms with Crippen molar-refractivity contribution < 1.29 is 4.74 Å². The molecule has 1 aliphatic heterocycles. The Morgan fingerprint density at radius 2 is 1.72 bits per heavy atom. The van der Waals surface area contributed by atoms with Gasteiger partial charge in [0.1, 0.15) is 5.75 Å². The van der Waals surface area contributed by atoms with Gasteiger partial charge < -0.3 is 4.74 Å². The molecule has 0 N–H and O–H groups in total. The summed E-state index contributed by atoms with van der Waals surface area (Å²) in [5.41, 5.74) is 4.15. The number of benzene rings is 2. The molecule has 0 spiro atoms. The molecular weight excluding hydrogens is 332 g/mol. The first-order valence-electron chi connectivity index (χ1n) is 8.09. The van der Waals surface area contributed by atoms with Gasteiger partial charge in [0.15, 0.2) is 5.82 Å². The van der Waals surface area contributed by atoms with Gasteiger partial charge in [0, 0.05) is 11.1 Å². The number of methoxy groups -OCH3 is 1. The number of rotatable bonds is 3. The summed E-state index contributed by atoms with van der Waals surface area (Å²) in [7, 11) is 1.68. The molecular formula is C19H18N4OS. The number of hydrogen-bond donors (Lipinski definition) is 0. The summed E-state index contributed by atoms with van der Waals surface area (Å²) in [6, 6.07) is 16.1. The first-order valence-corrected chi connectivity index (χ1v) is 8.97. The van der Waals surface area contributed by atoms with E-state index in [4.69, 9.17) is 9.84 Å². The molecule has 0 aliphatic carbocycles. The van der Waals surface area contributed by atoms with Crippen LogP contribution in [0.3, 0.4) is 0 Å². The summed E-state index contributed by atoms with van der Waals surface area (Å²) in [6.45, 7) is 4.20. The summed E-state index contributed by atoms with van der Waals surface area (Å²) in [5, 5.41) is 14.6. The Morgan fingerprint density at radius 3 is 2.48 bits per heavy atom. The molecule has 6 heteroatoms. The highest BCUT2D eigenvalue weighted by Gasteiger charge is 2.27. The maximum absolute atomic E-state index is 5.52. The molecule has 0 radical (unpaired) electrons. The molecule has 2 heterocycles. The number of thioether (sulfide) groups is 1. The van der Waals surface area contributed by atoms with Crippen molar-refractivity contribution in [3.8, 4) is 17.1 Å². The second-order valence-electron chi connectivity index (χ2n) is 5.88. The quantitative estimate of drug-likeness (QED) is 0.716. The minimum absolute atomic E-state index is 0.165. The zero-order valence-electron chi connectivity index (χ0n) is 14.3. The van der Waals surface area contributed by atoms with Gasteiger partial charge in [-0.15, -0.1) is 10.2 Å². The van der Waals surface area contributed by atoms with Gasteiger partial charge in [-0.1, -0.05) is 48.2 Å². The molecule has 0 bridgehead atoms. The first kappa shape index (κ1) is 15.9. The molecule has 25 heavy (non-hydrogen) atoms. The Hall–Kier alpha value is -2.60. The molecule has 3 aromatic rings. The van der Waals surface area contributed by atoms with Gasteiger partial charge in [-0.3, -0.25) is 0 Å². The van der Waals surface area contributed by atoms with E-state index in [9.17, 15) is 0 Å². The van der Waals surface area contributed by atoms with Gasteiger partial charge in [-0.05, 0) is 31.5 Å². The van der Waals surface area contributed by atoms with Gasteiger partial charge >= 0.3 is 0 Å². The van der Waals surface area contributed by atoms with E-state index >= 15 is 0 Å². The standard InChI is InChI=1S/C19H18N4OS/c1-12-8-4-5-9-14(12)18-20-21-19-23(18)22-17(13(2)25-19)15-10-6-7-11-16(15)24-3/h4-11,13H,1-3H3/t13-/m1/s1. The van der Waals surface area contributed by atoms with Crippen LogP contribution in [0.2, 0.25) is 0 Å². The zero-order valence-corrected chi connectivity index (χ0v) is 15.1. The Kier molecular flexibility index (Phi) is 4.05. The SMILES string of the molecule is COc1ccccc1C1=Nn2c(nnc2-c2ccccc2C)S[C@@H]1C. The van der Waals surface area contributed by atoms with Crippen LogP contribution in [-0.2, 0) is 0 Å². The van der Waals surface area contributed by atoms with Crippen molar-refractivity contribution in [2.75, 3.05) is 7.11 Å². The molecule has 1 atom stereocenters. The van der Waals surface area contributed by atoms with Crippen LogP contribution in [0.25, 0.3) is 11.4 Å². The van der Waals surface area contributed by atoms with Crippen molar-refractivity contribution in [2.45, 2.75) is 24.3 Å². The first-order chi connectivity index (χ1) is 12.2. The van der Waals surface area contributed by atoms with Crippen LogP contribution in [0.1, 0.15) is 18.1 Å². The van der Waals surface area contributed by atoms with E-state index in [0.29, 0.717) is 0 Å². The molecule has 126 valence electrons. The summed E-state index contributed by atoms with van der Waals surface area (Å²) >= 11 is 1.66. The zero-order chi connectivity index (χ0) is 17.4. The number of aromatic nitrogens is 3. The van der Waals surface area contributed by atoms with Crippen LogP contribution >= 0.6 is 11.8 Å². The molecule has 2 aromatic carbocycles. The van der Waals surface area contributed by atoms with E-state index in [0.717, 1.165) is 39.1 Å². The number of ether oxygens (including phenoxy) is 1. The minimum Gasteiger partial charge on any atom is -0.496 e. The maximum atomic E-state index is 5.52. The predicted octanol–water partition coefficient (Wildman–Crippen LogP) is 4.01. The fourth-order valence-electron chi connectivity index (χ4n) is 2.95. The fraction of sp³-hybridized carbons (Fsp3) is 0.211. The Balaban J connectivity index is 1.88. The molecule has 1 aliphatic rings. The summed E-state index contributed by atoms with van der Waals surface area (Å²) in [4.78, 5) is 0. The third-order valence-electron chi connectivity index (χ3n) is 4.26. The van der Waals surface area contributed by atoms with Crippen LogP contribution in [0.15, 0.2) is 58.8 Å². The highest BCUT2D eigenvalue weighted by Crippen LogP contribution is 2.35. The van der Waals surface area contributed by atoms with E-state index in [1.54, 1.807) is 18.9 Å². The Morgan fingerprint density at radius 1 is 1.00 bits per heavy atom. The van der Waals surface area contributed by atoms with Crippen LogP contribution in [0, 0.1) is 6.92 Å². The number of hydrogen-bond acceptors (Lipinski definition) is 5. The van der Waals surface area contributed by atoms with Crippen LogP contribution in [-0.4, -0.2) is 32.9 Å². The topological polar surface area (TPSA) is 52.3 Å². The molecule has 0 fully saturated rings. The number of aryl methyl sites for hydroxylation is 1. The highest BCUT2D eigenvalue weighted by atomic mass is 32.2. The molecule has 0 amide bonds. The normalized spacial score (nSPS) is 16.3. The predicted molar refractivity (Wildman–Crippen MR) is 100 cm³/mol. The maximum Gasteiger partial charge on any atom is 0.213 e. The van der Waals surface area contributed by atoms with E-state index in [1.807, 2.05) is 47.1 Å². The average molecular weight is 350 g/mol. The van der Waals surface area contributed by atoms with Crippen molar-refractivity contribution in [3.63, 3.8) is 0 Å². The van der Waals surface area contributed by atoms with E-state index in [1.165, 1.54) is 0 Å². The Bertz CT molecular complexity index is 964. The van der Waals surface area contributed by atoms with Crippen molar-refractivity contribution in [3.05, 3.63) is 59.7 Å². The number of fused-ring (bicyclic) bond motifs is 1. The van der Waals surface area contributed by atoms with Gasteiger partial charge in [0.25, 0.3) is 0 Å². The third-order valence-corrected chi connectivity index (χ3v) is 5.30. The van der Waals surface area contributed by atoms with E-state index in [-0.39, 0.29) is 5.25 Å². The van der Waals surface area contributed by atoms with Gasteiger partial charge in [-0.2, -0.15) is 9.78 Å². The van der Waals surface area contributed by atoms with Crippen molar-refractivity contribution >= 4 is 17.5 Å². The number of para-hydroxylation sites is 1. The monoisotopic (exact) mass is 350 g/mol. The number of nitrogens with zero attached hydrogens (tertiary/aromatic N) is 4. The Labute approximate surface area is 150 Å². The van der Waals surface area contributed by atoms with Crippen molar-refractivity contribution in [1.29, 1.82) is 0 Å². The lowest BCUT2D eigenvalue weighted by molar-refractivity contribution is 0.414. The smallest absolute Gasteiger partial charge is 0.213 e. The lowest BCUT2D eigenvalue weighted by Crippen LogP contribution is -2.22. The molecule has 0 saturated carbocycles. The van der Waals surface area contributed by atoms with Gasteiger partial charge in [0.05, 0.1) is 18.1 Å². The fourth-order valence-corrected chi connectivity index (χ4v) is 3.87. The van der Waals surface area contributed by atoms with Crippen LogP contribution in [0.4, 0.5) is 0 Å². The lowest BCUT2D eigenvalue weighted by Gasteiger charge is -2.21. The van der Waals surface area contributed by atoms with E-state index < -0.39 is 0 Å². The second kappa shape index (κ2) is 6.37. The molecule has 4 rings (SSSR count). The third kappa shape index (κ3) is 2.72. The molecule has 0 saturated heterocycles. The van der Waals surface area contributed by atoms with E-state index in [2.05, 4.69) is 30.1 Å². The summed E-state index contributed by atoms with van der Waals surface area (Å²) < 4.78 is 7.36. The van der Waals surface area contributed by atoms with Gasteiger partial charge in [-0.25, -0.2) is 0 Å². The van der Waals surface area contributed by atoms with Crippen molar-refractivity contribution in [1.82, 2.24) is 14.9 Å². The average Bonchev–Trinajstić information content (AvgIpc) is 3.04. The summed E-state index contributed by atoms with van der Waals surface area (Å²) in [5.74, 6) is 1.59. The molecule has 5 nitrogen and oxygen atoms in total. The highest BCUT2D eigenvalue weighted by molar-refractivity contribution is 8.00. The lowest BCUT2D eigenvalue weighted by atomic mass is 10.1. The molecule has 0 unspecified atom stereocenters. The second-order valence-corrected chi connectivity index (χ2v) is 7.19. The van der Waals surface area contributed by atoms with Crippen LogP contribution < -0.4 is 4.74 Å². The minimum atomic E-state index is 0.165. The largest absolute Gasteiger partial charge is 0.496 e.